The Balaban J connectivity index is 1.73. The maximum atomic E-state index is 12.2. The maximum absolute atomic E-state index is 12.2. The van der Waals surface area contributed by atoms with Gasteiger partial charge in [0.05, 0.1) is 18.8 Å². The summed E-state index contributed by atoms with van der Waals surface area (Å²) in [4.78, 5) is 13.9. The summed E-state index contributed by atoms with van der Waals surface area (Å²) in [6.45, 7) is 6.85. The van der Waals surface area contributed by atoms with Crippen molar-refractivity contribution in [1.29, 1.82) is 0 Å². The number of epoxide rings is 1. The fourth-order valence-electron chi connectivity index (χ4n) is 2.75. The number of ether oxygens (including phenoxy) is 2. The second-order valence-corrected chi connectivity index (χ2v) is 6.59. The van der Waals surface area contributed by atoms with Crippen molar-refractivity contribution >= 4 is 6.09 Å². The Morgan fingerprint density at radius 2 is 2.30 bits per heavy atom. The van der Waals surface area contributed by atoms with E-state index in [4.69, 9.17) is 9.47 Å². The van der Waals surface area contributed by atoms with Crippen molar-refractivity contribution in [3.05, 3.63) is 18.0 Å². The molecule has 0 bridgehead atoms. The number of likely N-dealkylation sites (tertiary alicyclic amines) is 1. The molecule has 1 aromatic heterocycles. The SMILES string of the molecule is Cn1cc(C23CN(C(=O)OC(C)(C)C)CCC2O3)cn1. The number of aromatic nitrogens is 2. The molecule has 6 heteroatoms. The Morgan fingerprint density at radius 1 is 1.55 bits per heavy atom. The number of nitrogens with zero attached hydrogens (tertiary/aromatic N) is 3. The molecule has 2 unspecified atom stereocenters. The van der Waals surface area contributed by atoms with Gasteiger partial charge in [-0.15, -0.1) is 0 Å². The Morgan fingerprint density at radius 3 is 2.90 bits per heavy atom. The number of hydrogen-bond acceptors (Lipinski definition) is 4. The fourth-order valence-corrected chi connectivity index (χ4v) is 2.75. The molecule has 2 saturated heterocycles. The Labute approximate surface area is 118 Å². The average molecular weight is 279 g/mol. The molecular formula is C14H21N3O3. The molecule has 0 radical (unpaired) electrons. The molecular weight excluding hydrogens is 258 g/mol. The second-order valence-electron chi connectivity index (χ2n) is 6.59. The first-order chi connectivity index (χ1) is 9.30. The van der Waals surface area contributed by atoms with E-state index in [9.17, 15) is 4.79 Å². The smallest absolute Gasteiger partial charge is 0.410 e. The lowest BCUT2D eigenvalue weighted by molar-refractivity contribution is 0.0189. The molecule has 3 heterocycles. The van der Waals surface area contributed by atoms with E-state index in [-0.39, 0.29) is 17.8 Å². The summed E-state index contributed by atoms with van der Waals surface area (Å²) < 4.78 is 13.1. The summed E-state index contributed by atoms with van der Waals surface area (Å²) in [5.74, 6) is 0. The molecule has 6 nitrogen and oxygen atoms in total. The minimum absolute atomic E-state index is 0.199. The monoisotopic (exact) mass is 279 g/mol. The molecule has 2 fully saturated rings. The van der Waals surface area contributed by atoms with Crippen LogP contribution in [0.25, 0.3) is 0 Å². The number of amides is 1. The minimum atomic E-state index is -0.472. The van der Waals surface area contributed by atoms with E-state index in [1.54, 1.807) is 9.58 Å². The Kier molecular flexibility index (Phi) is 2.83. The van der Waals surface area contributed by atoms with Gasteiger partial charge < -0.3 is 14.4 Å². The van der Waals surface area contributed by atoms with Gasteiger partial charge in [0.15, 0.2) is 0 Å². The van der Waals surface area contributed by atoms with Crippen molar-refractivity contribution in [3.8, 4) is 0 Å². The standard InChI is InChI=1S/C14H21N3O3/c1-13(2,3)20-12(18)17-6-5-11-14(9-17,19-11)10-7-15-16(4)8-10/h7-8,11H,5-6,9H2,1-4H3. The van der Waals surface area contributed by atoms with Gasteiger partial charge in [0, 0.05) is 25.4 Å². The number of aryl methyl sites for hydroxylation is 1. The van der Waals surface area contributed by atoms with Crippen LogP contribution in [0.2, 0.25) is 0 Å². The topological polar surface area (TPSA) is 59.9 Å². The van der Waals surface area contributed by atoms with Crippen molar-refractivity contribution in [2.75, 3.05) is 13.1 Å². The molecule has 0 aliphatic carbocycles. The number of hydrogen-bond donors (Lipinski definition) is 0. The van der Waals surface area contributed by atoms with Gasteiger partial charge in [-0.3, -0.25) is 4.68 Å². The predicted octanol–water partition coefficient (Wildman–Crippen LogP) is 1.65. The van der Waals surface area contributed by atoms with E-state index in [0.29, 0.717) is 13.1 Å². The number of fused-ring (bicyclic) bond motifs is 1. The molecule has 1 aromatic rings. The van der Waals surface area contributed by atoms with E-state index >= 15 is 0 Å². The number of piperidine rings is 1. The van der Waals surface area contributed by atoms with Crippen LogP contribution in [-0.4, -0.2) is 45.6 Å². The van der Waals surface area contributed by atoms with Crippen LogP contribution in [-0.2, 0) is 22.1 Å². The number of carbonyl (C=O) groups is 1. The lowest BCUT2D eigenvalue weighted by atomic mass is 9.93. The number of rotatable bonds is 1. The lowest BCUT2D eigenvalue weighted by Gasteiger charge is -2.31. The van der Waals surface area contributed by atoms with E-state index < -0.39 is 5.60 Å². The Bertz CT molecular complexity index is 534. The highest BCUT2D eigenvalue weighted by Crippen LogP contribution is 2.51. The van der Waals surface area contributed by atoms with Crippen LogP contribution in [0.1, 0.15) is 32.8 Å². The van der Waals surface area contributed by atoms with Gasteiger partial charge in [0.2, 0.25) is 0 Å². The molecule has 20 heavy (non-hydrogen) atoms. The largest absolute Gasteiger partial charge is 0.444 e. The van der Waals surface area contributed by atoms with Crippen LogP contribution in [0.3, 0.4) is 0 Å². The summed E-state index contributed by atoms with van der Waals surface area (Å²) in [7, 11) is 1.88. The zero-order valence-electron chi connectivity index (χ0n) is 12.4. The highest BCUT2D eigenvalue weighted by Gasteiger charge is 2.61. The minimum Gasteiger partial charge on any atom is -0.444 e. The van der Waals surface area contributed by atoms with Crippen molar-refractivity contribution in [2.45, 2.75) is 44.5 Å². The molecule has 2 aliphatic heterocycles. The summed E-state index contributed by atoms with van der Waals surface area (Å²) in [6.07, 6.45) is 4.55. The Hall–Kier alpha value is -1.56. The second kappa shape index (κ2) is 4.22. The zero-order chi connectivity index (χ0) is 14.5. The van der Waals surface area contributed by atoms with Gasteiger partial charge in [0.25, 0.3) is 0 Å². The summed E-state index contributed by atoms with van der Waals surface area (Å²) >= 11 is 0. The summed E-state index contributed by atoms with van der Waals surface area (Å²) in [5, 5.41) is 4.19. The first kappa shape index (κ1) is 13.4. The fraction of sp³-hybridized carbons (Fsp3) is 0.714. The van der Waals surface area contributed by atoms with E-state index in [1.165, 1.54) is 0 Å². The highest BCUT2D eigenvalue weighted by atomic mass is 16.6. The molecule has 2 aliphatic rings. The normalized spacial score (nSPS) is 29.0. The maximum Gasteiger partial charge on any atom is 0.410 e. The molecule has 0 N–H and O–H groups in total. The van der Waals surface area contributed by atoms with Crippen molar-refractivity contribution in [1.82, 2.24) is 14.7 Å². The summed E-state index contributed by atoms with van der Waals surface area (Å²) in [5.41, 5.74) is 0.196. The van der Waals surface area contributed by atoms with Gasteiger partial charge in [-0.05, 0) is 27.2 Å². The molecule has 0 saturated carbocycles. The average Bonchev–Trinajstić information content (AvgIpc) is 2.92. The lowest BCUT2D eigenvalue weighted by Crippen LogP contribution is -2.45. The van der Waals surface area contributed by atoms with Gasteiger partial charge in [0.1, 0.15) is 11.2 Å². The highest BCUT2D eigenvalue weighted by molar-refractivity contribution is 5.68. The van der Waals surface area contributed by atoms with Gasteiger partial charge >= 0.3 is 6.09 Å². The van der Waals surface area contributed by atoms with Gasteiger partial charge in [-0.1, -0.05) is 0 Å². The number of carbonyl (C=O) groups excluding carboxylic acids is 1. The van der Waals surface area contributed by atoms with Crippen LogP contribution in [0.15, 0.2) is 12.4 Å². The van der Waals surface area contributed by atoms with Gasteiger partial charge in [-0.25, -0.2) is 4.79 Å². The van der Waals surface area contributed by atoms with Crippen molar-refractivity contribution in [2.24, 2.45) is 7.05 Å². The first-order valence-corrected chi connectivity index (χ1v) is 6.95. The van der Waals surface area contributed by atoms with Crippen LogP contribution in [0.5, 0.6) is 0 Å². The predicted molar refractivity (Wildman–Crippen MR) is 72.2 cm³/mol. The quantitative estimate of drug-likeness (QED) is 0.733. The van der Waals surface area contributed by atoms with E-state index in [1.807, 2.05) is 40.2 Å². The summed E-state index contributed by atoms with van der Waals surface area (Å²) in [6, 6.07) is 0. The third-order valence-electron chi connectivity index (χ3n) is 3.75. The van der Waals surface area contributed by atoms with Gasteiger partial charge in [-0.2, -0.15) is 5.10 Å². The van der Waals surface area contributed by atoms with Crippen LogP contribution in [0.4, 0.5) is 4.79 Å². The first-order valence-electron chi connectivity index (χ1n) is 6.95. The van der Waals surface area contributed by atoms with Crippen molar-refractivity contribution in [3.63, 3.8) is 0 Å². The molecule has 0 aromatic carbocycles. The van der Waals surface area contributed by atoms with E-state index in [0.717, 1.165) is 12.0 Å². The molecule has 2 atom stereocenters. The van der Waals surface area contributed by atoms with E-state index in [2.05, 4.69) is 5.10 Å². The zero-order valence-corrected chi connectivity index (χ0v) is 12.4. The van der Waals surface area contributed by atoms with Crippen molar-refractivity contribution < 1.29 is 14.3 Å². The third-order valence-corrected chi connectivity index (χ3v) is 3.75. The molecule has 110 valence electrons. The molecule has 3 rings (SSSR count). The van der Waals surface area contributed by atoms with Crippen LogP contribution in [0, 0.1) is 0 Å². The molecule has 0 spiro atoms. The van der Waals surface area contributed by atoms with Crippen LogP contribution < -0.4 is 0 Å². The molecule has 1 amide bonds. The van der Waals surface area contributed by atoms with Crippen LogP contribution >= 0.6 is 0 Å². The third kappa shape index (κ3) is 2.28.